The van der Waals surface area contributed by atoms with Crippen LogP contribution in [0, 0.1) is 0 Å². The number of hydrogen-bond acceptors (Lipinski definition) is 3. The molecule has 0 bridgehead atoms. The van der Waals surface area contributed by atoms with Crippen LogP contribution in [-0.4, -0.2) is 33.7 Å². The monoisotopic (exact) mass is 444 g/mol. The van der Waals surface area contributed by atoms with E-state index >= 15 is 0 Å². The van der Waals surface area contributed by atoms with Gasteiger partial charge in [-0.1, -0.05) is 57.9 Å². The van der Waals surface area contributed by atoms with Crippen LogP contribution >= 0.6 is 27.5 Å². The molecular formula is C17H18BrClN2O3S. The lowest BCUT2D eigenvalue weighted by Gasteiger charge is -2.23. The summed E-state index contributed by atoms with van der Waals surface area (Å²) in [7, 11) is -3.65. The maximum atomic E-state index is 12.2. The molecule has 0 unspecified atom stereocenters. The average molecular weight is 446 g/mol. The second-order valence-corrected chi connectivity index (χ2v) is 8.68. The molecule has 0 spiro atoms. The van der Waals surface area contributed by atoms with Gasteiger partial charge in [-0.2, -0.15) is 0 Å². The summed E-state index contributed by atoms with van der Waals surface area (Å²) in [6.07, 6.45) is 1.72. The third-order valence-electron chi connectivity index (χ3n) is 3.44. The number of benzene rings is 2. The summed E-state index contributed by atoms with van der Waals surface area (Å²) in [4.78, 5) is 12.2. The number of rotatable bonds is 7. The summed E-state index contributed by atoms with van der Waals surface area (Å²) in [5.74, 6) is -0.389. The van der Waals surface area contributed by atoms with Crippen molar-refractivity contribution in [3.8, 4) is 0 Å². The van der Waals surface area contributed by atoms with Crippen molar-refractivity contribution in [1.82, 2.24) is 5.32 Å². The van der Waals surface area contributed by atoms with E-state index in [0.29, 0.717) is 13.0 Å². The normalized spacial score (nSPS) is 11.2. The Bertz CT molecular complexity index is 844. The molecule has 0 saturated heterocycles. The van der Waals surface area contributed by atoms with Gasteiger partial charge in [0, 0.05) is 11.0 Å². The van der Waals surface area contributed by atoms with Crippen molar-refractivity contribution < 1.29 is 13.2 Å². The van der Waals surface area contributed by atoms with Crippen molar-refractivity contribution in [2.45, 2.75) is 6.42 Å². The fourth-order valence-electron chi connectivity index (χ4n) is 2.24. The molecule has 0 atom stereocenters. The highest BCUT2D eigenvalue weighted by molar-refractivity contribution is 9.10. The van der Waals surface area contributed by atoms with Crippen molar-refractivity contribution in [1.29, 1.82) is 0 Å². The number of hydrogen-bond donors (Lipinski definition) is 1. The van der Waals surface area contributed by atoms with Crippen LogP contribution in [-0.2, 0) is 21.2 Å². The van der Waals surface area contributed by atoms with Gasteiger partial charge in [0.05, 0.1) is 17.0 Å². The molecule has 8 heteroatoms. The van der Waals surface area contributed by atoms with E-state index in [1.54, 1.807) is 18.2 Å². The molecule has 2 rings (SSSR count). The summed E-state index contributed by atoms with van der Waals surface area (Å²) < 4.78 is 25.9. The minimum Gasteiger partial charge on any atom is -0.354 e. The molecule has 2 aromatic rings. The van der Waals surface area contributed by atoms with Crippen molar-refractivity contribution in [2.24, 2.45) is 0 Å². The van der Waals surface area contributed by atoms with Gasteiger partial charge < -0.3 is 5.32 Å². The first-order valence-electron chi connectivity index (χ1n) is 7.51. The van der Waals surface area contributed by atoms with Gasteiger partial charge in [-0.05, 0) is 30.2 Å². The number of halogens is 2. The van der Waals surface area contributed by atoms with Gasteiger partial charge in [-0.15, -0.1) is 0 Å². The molecule has 0 aromatic heterocycles. The van der Waals surface area contributed by atoms with E-state index < -0.39 is 10.0 Å². The lowest BCUT2D eigenvalue weighted by molar-refractivity contribution is -0.119. The minimum absolute atomic E-state index is 0.247. The number of nitrogens with zero attached hydrogens (tertiary/aromatic N) is 1. The van der Waals surface area contributed by atoms with Crippen LogP contribution in [0.25, 0.3) is 0 Å². The summed E-state index contributed by atoms with van der Waals surface area (Å²) in [5, 5.41) is 2.98. The molecule has 0 fully saturated rings. The molecule has 25 heavy (non-hydrogen) atoms. The molecule has 2 aromatic carbocycles. The van der Waals surface area contributed by atoms with Crippen LogP contribution in [0.15, 0.2) is 53.0 Å². The molecule has 0 aliphatic rings. The molecule has 1 amide bonds. The summed E-state index contributed by atoms with van der Waals surface area (Å²) >= 11 is 9.40. The first kappa shape index (κ1) is 19.8. The Kier molecular flexibility index (Phi) is 6.87. The van der Waals surface area contributed by atoms with Crippen LogP contribution in [0.2, 0.25) is 5.02 Å². The maximum Gasteiger partial charge on any atom is 0.240 e. The summed E-state index contributed by atoms with van der Waals surface area (Å²) in [6, 6.07) is 14.5. The van der Waals surface area contributed by atoms with E-state index in [1.807, 2.05) is 30.3 Å². The second-order valence-electron chi connectivity index (χ2n) is 5.45. The van der Waals surface area contributed by atoms with E-state index in [4.69, 9.17) is 11.6 Å². The Morgan fingerprint density at radius 2 is 1.88 bits per heavy atom. The molecule has 0 radical (unpaired) electrons. The number of sulfonamides is 1. The number of carbonyl (C=O) groups excluding carboxylic acids is 1. The standard InChI is InChI=1S/C17H18BrClN2O3S/c1-25(23,24)21(16-8-7-14(18)11-15(16)19)12-17(22)20-10-9-13-5-3-2-4-6-13/h2-8,11H,9-10,12H2,1H3,(H,20,22). The molecular weight excluding hydrogens is 428 g/mol. The van der Waals surface area contributed by atoms with Crippen LogP contribution in [0.1, 0.15) is 5.56 Å². The Labute approximate surface area is 161 Å². The Balaban J connectivity index is 2.03. The molecule has 1 N–H and O–H groups in total. The Morgan fingerprint density at radius 1 is 1.20 bits per heavy atom. The lowest BCUT2D eigenvalue weighted by Crippen LogP contribution is -2.41. The predicted molar refractivity (Wildman–Crippen MR) is 104 cm³/mol. The zero-order valence-corrected chi connectivity index (χ0v) is 16.7. The zero-order valence-electron chi connectivity index (χ0n) is 13.6. The quantitative estimate of drug-likeness (QED) is 0.711. The van der Waals surface area contributed by atoms with Gasteiger partial charge in [0.1, 0.15) is 6.54 Å². The van der Waals surface area contributed by atoms with E-state index in [0.717, 1.165) is 20.6 Å². The van der Waals surface area contributed by atoms with Crippen LogP contribution in [0.4, 0.5) is 5.69 Å². The fourth-order valence-corrected chi connectivity index (χ4v) is 3.94. The minimum atomic E-state index is -3.65. The van der Waals surface area contributed by atoms with E-state index in [-0.39, 0.29) is 23.2 Å². The number of anilines is 1. The zero-order chi connectivity index (χ0) is 18.4. The maximum absolute atomic E-state index is 12.2. The van der Waals surface area contributed by atoms with E-state index in [2.05, 4.69) is 21.2 Å². The third-order valence-corrected chi connectivity index (χ3v) is 5.37. The van der Waals surface area contributed by atoms with E-state index in [9.17, 15) is 13.2 Å². The molecule has 134 valence electrons. The van der Waals surface area contributed by atoms with Crippen LogP contribution in [0.3, 0.4) is 0 Å². The SMILES string of the molecule is CS(=O)(=O)N(CC(=O)NCCc1ccccc1)c1ccc(Br)cc1Cl. The highest BCUT2D eigenvalue weighted by Gasteiger charge is 2.22. The van der Waals surface area contributed by atoms with E-state index in [1.165, 1.54) is 0 Å². The number of amides is 1. The Morgan fingerprint density at radius 3 is 2.48 bits per heavy atom. The molecule has 0 aliphatic heterocycles. The van der Waals surface area contributed by atoms with Gasteiger partial charge >= 0.3 is 0 Å². The van der Waals surface area contributed by atoms with Gasteiger partial charge in [-0.3, -0.25) is 9.10 Å². The first-order valence-corrected chi connectivity index (χ1v) is 10.5. The summed E-state index contributed by atoms with van der Waals surface area (Å²) in [6.45, 7) is 0.101. The first-order chi connectivity index (χ1) is 11.8. The Hall–Kier alpha value is -1.57. The van der Waals surface area contributed by atoms with Gasteiger partial charge in [0.2, 0.25) is 15.9 Å². The highest BCUT2D eigenvalue weighted by atomic mass is 79.9. The predicted octanol–water partition coefficient (Wildman–Crippen LogP) is 3.23. The van der Waals surface area contributed by atoms with Crippen molar-refractivity contribution in [3.05, 3.63) is 63.6 Å². The smallest absolute Gasteiger partial charge is 0.240 e. The summed E-state index contributed by atoms with van der Waals surface area (Å²) in [5.41, 5.74) is 1.37. The van der Waals surface area contributed by atoms with Crippen molar-refractivity contribution in [3.63, 3.8) is 0 Å². The largest absolute Gasteiger partial charge is 0.354 e. The second kappa shape index (κ2) is 8.69. The third kappa shape index (κ3) is 6.02. The van der Waals surface area contributed by atoms with Crippen molar-refractivity contribution in [2.75, 3.05) is 23.7 Å². The molecule has 5 nitrogen and oxygen atoms in total. The van der Waals surface area contributed by atoms with Crippen LogP contribution < -0.4 is 9.62 Å². The number of carbonyl (C=O) groups is 1. The number of nitrogens with one attached hydrogen (secondary N) is 1. The highest BCUT2D eigenvalue weighted by Crippen LogP contribution is 2.30. The molecule has 0 saturated carbocycles. The van der Waals surface area contributed by atoms with Gasteiger partial charge in [0.25, 0.3) is 0 Å². The van der Waals surface area contributed by atoms with Crippen LogP contribution in [0.5, 0.6) is 0 Å². The lowest BCUT2D eigenvalue weighted by atomic mass is 10.1. The average Bonchev–Trinajstić information content (AvgIpc) is 2.53. The fraction of sp³-hybridized carbons (Fsp3) is 0.235. The van der Waals surface area contributed by atoms with Crippen molar-refractivity contribution >= 4 is 49.1 Å². The molecule has 0 aliphatic carbocycles. The van der Waals surface area contributed by atoms with Gasteiger partial charge in [0.15, 0.2) is 0 Å². The topological polar surface area (TPSA) is 66.5 Å². The van der Waals surface area contributed by atoms with Gasteiger partial charge in [-0.25, -0.2) is 8.42 Å². The molecule has 0 heterocycles.